The first-order valence-corrected chi connectivity index (χ1v) is 8.65. The summed E-state index contributed by atoms with van der Waals surface area (Å²) in [4.78, 5) is 16.6. The fourth-order valence-electron chi connectivity index (χ4n) is 2.15. The van der Waals surface area contributed by atoms with Gasteiger partial charge < -0.3 is 9.88 Å². The lowest BCUT2D eigenvalue weighted by molar-refractivity contribution is 0.0701. The van der Waals surface area contributed by atoms with Crippen molar-refractivity contribution in [3.8, 4) is 0 Å². The highest BCUT2D eigenvalue weighted by Gasteiger charge is 2.25. The largest absolute Gasteiger partial charge is 0.356 e. The van der Waals surface area contributed by atoms with Crippen LogP contribution in [0.3, 0.4) is 0 Å². The summed E-state index contributed by atoms with van der Waals surface area (Å²) in [5, 5.41) is 0. The zero-order chi connectivity index (χ0) is 14.0. The number of amides is 1. The van der Waals surface area contributed by atoms with Crippen LogP contribution in [0, 0.1) is 5.92 Å². The van der Waals surface area contributed by atoms with Gasteiger partial charge in [-0.15, -0.1) is 0 Å². The smallest absolute Gasteiger partial charge is 0.270 e. The normalized spacial score (nSPS) is 16.1. The highest BCUT2D eigenvalue weighted by molar-refractivity contribution is 8.13. The summed E-state index contributed by atoms with van der Waals surface area (Å²) < 4.78 is 22.3. The standard InChI is InChI=1S/C12H17ClN2O3S/c1-2-15(8-9-4-3-5-9)12(16)11-6-10(7-14-11)19(13,17)18/h6-7,9,14H,2-5,8H2,1H3. The van der Waals surface area contributed by atoms with Crippen LogP contribution in [0.4, 0.5) is 0 Å². The molecule has 1 aromatic heterocycles. The number of carbonyl (C=O) groups is 1. The minimum absolute atomic E-state index is 0.0720. The van der Waals surface area contributed by atoms with Crippen molar-refractivity contribution in [3.05, 3.63) is 18.0 Å². The Balaban J connectivity index is 2.10. The maximum absolute atomic E-state index is 12.2. The van der Waals surface area contributed by atoms with Gasteiger partial charge in [-0.3, -0.25) is 4.79 Å². The number of nitrogens with zero attached hydrogens (tertiary/aromatic N) is 1. The summed E-state index contributed by atoms with van der Waals surface area (Å²) >= 11 is 0. The third kappa shape index (κ3) is 3.30. The summed E-state index contributed by atoms with van der Waals surface area (Å²) in [7, 11) is 1.44. The highest BCUT2D eigenvalue weighted by Crippen LogP contribution is 2.27. The maximum Gasteiger partial charge on any atom is 0.270 e. The van der Waals surface area contributed by atoms with Crippen LogP contribution in [0.15, 0.2) is 17.2 Å². The highest BCUT2D eigenvalue weighted by atomic mass is 35.7. The molecule has 0 aliphatic heterocycles. The van der Waals surface area contributed by atoms with Crippen LogP contribution in [0.5, 0.6) is 0 Å². The first kappa shape index (κ1) is 14.4. The second kappa shape index (κ2) is 5.54. The van der Waals surface area contributed by atoms with E-state index in [9.17, 15) is 13.2 Å². The molecule has 0 saturated heterocycles. The summed E-state index contributed by atoms with van der Waals surface area (Å²) in [6.07, 6.45) is 4.80. The molecule has 5 nitrogen and oxygen atoms in total. The van der Waals surface area contributed by atoms with Gasteiger partial charge in [-0.25, -0.2) is 8.42 Å². The number of hydrogen-bond donors (Lipinski definition) is 1. The van der Waals surface area contributed by atoms with Crippen molar-refractivity contribution in [1.29, 1.82) is 0 Å². The minimum Gasteiger partial charge on any atom is -0.356 e. The van der Waals surface area contributed by atoms with Crippen molar-refractivity contribution < 1.29 is 13.2 Å². The lowest BCUT2D eigenvalue weighted by Crippen LogP contribution is -2.37. The molecular weight excluding hydrogens is 288 g/mol. The van der Waals surface area contributed by atoms with Gasteiger partial charge in [0.1, 0.15) is 10.6 Å². The van der Waals surface area contributed by atoms with E-state index in [0.29, 0.717) is 12.5 Å². The Morgan fingerprint density at radius 3 is 2.63 bits per heavy atom. The van der Waals surface area contributed by atoms with E-state index in [1.54, 1.807) is 4.90 Å². The van der Waals surface area contributed by atoms with Crippen molar-refractivity contribution in [3.63, 3.8) is 0 Å². The Morgan fingerprint density at radius 2 is 2.21 bits per heavy atom. The zero-order valence-corrected chi connectivity index (χ0v) is 12.3. The van der Waals surface area contributed by atoms with Crippen LogP contribution >= 0.6 is 10.7 Å². The quantitative estimate of drug-likeness (QED) is 0.848. The fraction of sp³-hybridized carbons (Fsp3) is 0.583. The molecule has 0 bridgehead atoms. The molecule has 1 fully saturated rings. The monoisotopic (exact) mass is 304 g/mol. The van der Waals surface area contributed by atoms with E-state index >= 15 is 0 Å². The molecule has 0 spiro atoms. The molecule has 0 atom stereocenters. The predicted molar refractivity (Wildman–Crippen MR) is 72.8 cm³/mol. The Bertz CT molecular complexity index is 563. The third-order valence-corrected chi connectivity index (χ3v) is 4.87. The molecule has 1 aromatic rings. The van der Waals surface area contributed by atoms with Gasteiger partial charge in [0, 0.05) is 30.0 Å². The van der Waals surface area contributed by atoms with Gasteiger partial charge >= 0.3 is 0 Å². The molecule has 0 unspecified atom stereocenters. The van der Waals surface area contributed by atoms with Crippen LogP contribution in [0.2, 0.25) is 0 Å². The van der Waals surface area contributed by atoms with E-state index in [0.717, 1.165) is 19.4 Å². The summed E-state index contributed by atoms with van der Waals surface area (Å²) in [5.41, 5.74) is 0.264. The fourth-order valence-corrected chi connectivity index (χ4v) is 2.88. The van der Waals surface area contributed by atoms with Crippen LogP contribution in [-0.2, 0) is 9.05 Å². The minimum atomic E-state index is -3.79. The number of nitrogens with one attached hydrogen (secondary N) is 1. The first-order chi connectivity index (χ1) is 8.91. The second-order valence-corrected chi connectivity index (χ2v) is 7.39. The van der Waals surface area contributed by atoms with Crippen molar-refractivity contribution in [1.82, 2.24) is 9.88 Å². The number of aromatic nitrogens is 1. The summed E-state index contributed by atoms with van der Waals surface area (Å²) in [5.74, 6) is 0.399. The number of hydrogen-bond acceptors (Lipinski definition) is 3. The molecule has 106 valence electrons. The van der Waals surface area contributed by atoms with Crippen LogP contribution in [-0.4, -0.2) is 37.3 Å². The van der Waals surface area contributed by atoms with Crippen molar-refractivity contribution in [2.24, 2.45) is 5.92 Å². The van der Waals surface area contributed by atoms with Gasteiger partial charge in [0.25, 0.3) is 15.0 Å². The van der Waals surface area contributed by atoms with Gasteiger partial charge in [-0.1, -0.05) is 6.42 Å². The number of carbonyl (C=O) groups excluding carboxylic acids is 1. The van der Waals surface area contributed by atoms with E-state index in [1.165, 1.54) is 18.7 Å². The van der Waals surface area contributed by atoms with Gasteiger partial charge in [-0.05, 0) is 31.7 Å². The molecule has 2 rings (SSSR count). The van der Waals surface area contributed by atoms with Gasteiger partial charge in [0.2, 0.25) is 0 Å². The van der Waals surface area contributed by atoms with Crippen LogP contribution in [0.25, 0.3) is 0 Å². The molecule has 1 aliphatic rings. The number of rotatable bonds is 5. The summed E-state index contributed by atoms with van der Waals surface area (Å²) in [6, 6.07) is 1.29. The SMILES string of the molecule is CCN(CC1CCC1)C(=O)c1cc(S(=O)(=O)Cl)c[nH]1. The van der Waals surface area contributed by atoms with E-state index in [-0.39, 0.29) is 16.5 Å². The molecule has 19 heavy (non-hydrogen) atoms. The Morgan fingerprint density at radius 1 is 1.53 bits per heavy atom. The van der Waals surface area contributed by atoms with Crippen molar-refractivity contribution in [2.45, 2.75) is 31.1 Å². The van der Waals surface area contributed by atoms with Gasteiger partial charge in [-0.2, -0.15) is 0 Å². The van der Waals surface area contributed by atoms with Crippen molar-refractivity contribution in [2.75, 3.05) is 13.1 Å². The molecule has 7 heteroatoms. The number of aromatic amines is 1. The number of H-pyrrole nitrogens is 1. The first-order valence-electron chi connectivity index (χ1n) is 6.34. The lowest BCUT2D eigenvalue weighted by atomic mass is 9.85. The van der Waals surface area contributed by atoms with Gasteiger partial charge in [0.15, 0.2) is 0 Å². The summed E-state index contributed by atoms with van der Waals surface area (Å²) in [6.45, 7) is 3.26. The second-order valence-electron chi connectivity index (χ2n) is 4.83. The van der Waals surface area contributed by atoms with Crippen LogP contribution < -0.4 is 0 Å². The van der Waals surface area contributed by atoms with E-state index in [2.05, 4.69) is 4.98 Å². The average Bonchev–Trinajstić information content (AvgIpc) is 2.76. The van der Waals surface area contributed by atoms with Gasteiger partial charge in [0.05, 0.1) is 0 Å². The van der Waals surface area contributed by atoms with Crippen molar-refractivity contribution >= 4 is 25.6 Å². The third-order valence-electron chi connectivity index (χ3n) is 3.54. The average molecular weight is 305 g/mol. The molecule has 0 aromatic carbocycles. The maximum atomic E-state index is 12.2. The Kier molecular flexibility index (Phi) is 4.20. The predicted octanol–water partition coefficient (Wildman–Crippen LogP) is 2.20. The Hall–Kier alpha value is -1.01. The molecule has 1 saturated carbocycles. The van der Waals surface area contributed by atoms with Crippen LogP contribution in [0.1, 0.15) is 36.7 Å². The molecular formula is C12H17ClN2O3S. The molecule has 1 N–H and O–H groups in total. The number of halogens is 1. The molecule has 1 amide bonds. The van der Waals surface area contributed by atoms with E-state index in [1.807, 2.05) is 6.92 Å². The van der Waals surface area contributed by atoms with E-state index < -0.39 is 9.05 Å². The Labute approximate surface area is 117 Å². The molecule has 1 heterocycles. The lowest BCUT2D eigenvalue weighted by Gasteiger charge is -2.31. The molecule has 1 aliphatic carbocycles. The molecule has 0 radical (unpaired) electrons. The zero-order valence-electron chi connectivity index (χ0n) is 10.7. The van der Waals surface area contributed by atoms with E-state index in [4.69, 9.17) is 10.7 Å². The topological polar surface area (TPSA) is 70.2 Å².